The summed E-state index contributed by atoms with van der Waals surface area (Å²) in [6, 6.07) is 5.88. The van der Waals surface area contributed by atoms with Gasteiger partial charge in [-0.3, -0.25) is 9.69 Å². The van der Waals surface area contributed by atoms with E-state index in [1.807, 2.05) is 24.3 Å². The molecule has 1 aromatic carbocycles. The fourth-order valence-electron chi connectivity index (χ4n) is 3.86. The van der Waals surface area contributed by atoms with E-state index in [1.54, 1.807) is 0 Å². The molecular formula is C21H26ClNO3. The predicted molar refractivity (Wildman–Crippen MR) is 105 cm³/mol. The van der Waals surface area contributed by atoms with E-state index >= 15 is 0 Å². The molecule has 0 spiro atoms. The molecule has 3 aliphatic heterocycles. The fraction of sp³-hybridized carbons (Fsp3) is 0.476. The SMILES string of the molecule is C=CCc1cc(CCC(=O)O)ccc1C#CC1(O)CN2CCC1CC2.Cl. The minimum absolute atomic E-state index is 0. The number of carbonyl (C=O) groups is 1. The number of rotatable bonds is 5. The maximum Gasteiger partial charge on any atom is 0.303 e. The van der Waals surface area contributed by atoms with Crippen LogP contribution in [0, 0.1) is 17.8 Å². The molecule has 2 N–H and O–H groups in total. The Bertz CT molecular complexity index is 729. The average molecular weight is 376 g/mol. The second-order valence-electron chi connectivity index (χ2n) is 7.10. The molecule has 4 rings (SSSR count). The highest BCUT2D eigenvalue weighted by molar-refractivity contribution is 5.85. The van der Waals surface area contributed by atoms with Gasteiger partial charge in [0.2, 0.25) is 0 Å². The molecule has 3 aliphatic rings. The van der Waals surface area contributed by atoms with Crippen LogP contribution in [0.4, 0.5) is 0 Å². The van der Waals surface area contributed by atoms with Crippen molar-refractivity contribution in [2.24, 2.45) is 5.92 Å². The first-order valence-corrected chi connectivity index (χ1v) is 8.92. The summed E-state index contributed by atoms with van der Waals surface area (Å²) in [6.45, 7) is 6.56. The van der Waals surface area contributed by atoms with Gasteiger partial charge in [-0.2, -0.15) is 0 Å². The van der Waals surface area contributed by atoms with Crippen molar-refractivity contribution in [1.82, 2.24) is 4.90 Å². The van der Waals surface area contributed by atoms with E-state index in [2.05, 4.69) is 23.3 Å². The molecule has 3 fully saturated rings. The van der Waals surface area contributed by atoms with Gasteiger partial charge in [-0.1, -0.05) is 30.0 Å². The molecule has 1 aromatic rings. The summed E-state index contributed by atoms with van der Waals surface area (Å²) in [6.07, 6.45) is 5.16. The summed E-state index contributed by atoms with van der Waals surface area (Å²) in [5.41, 5.74) is 2.01. The Morgan fingerprint density at radius 2 is 2.12 bits per heavy atom. The van der Waals surface area contributed by atoms with Crippen LogP contribution >= 0.6 is 12.4 Å². The Kier molecular flexibility index (Phi) is 6.88. The van der Waals surface area contributed by atoms with Crippen LogP contribution in [0.5, 0.6) is 0 Å². The van der Waals surface area contributed by atoms with Crippen LogP contribution in [0.3, 0.4) is 0 Å². The summed E-state index contributed by atoms with van der Waals surface area (Å²) in [5.74, 6) is 5.82. The highest BCUT2D eigenvalue weighted by Gasteiger charge is 2.44. The van der Waals surface area contributed by atoms with Gasteiger partial charge >= 0.3 is 5.97 Å². The number of piperidine rings is 3. The Morgan fingerprint density at radius 1 is 1.38 bits per heavy atom. The van der Waals surface area contributed by atoms with Crippen molar-refractivity contribution < 1.29 is 15.0 Å². The van der Waals surface area contributed by atoms with Gasteiger partial charge in [0.25, 0.3) is 0 Å². The summed E-state index contributed by atoms with van der Waals surface area (Å²) >= 11 is 0. The maximum atomic E-state index is 10.9. The number of fused-ring (bicyclic) bond motifs is 3. The van der Waals surface area contributed by atoms with Gasteiger partial charge in [0.05, 0.1) is 0 Å². The lowest BCUT2D eigenvalue weighted by Gasteiger charge is -2.47. The largest absolute Gasteiger partial charge is 0.481 e. The standard InChI is InChI=1S/C21H25NO3.ClH/c1-2-3-18-14-16(5-7-20(23)24)4-6-17(18)8-11-21(25)15-22-12-9-19(21)10-13-22;/h2,4,6,14,19,25H,1,3,5,7,9-10,12-13,15H2,(H,23,24);1H. The predicted octanol–water partition coefficient (Wildman–Crippen LogP) is 2.66. The number of hydrogen-bond donors (Lipinski definition) is 2. The number of carboxylic acids is 1. The summed E-state index contributed by atoms with van der Waals surface area (Å²) < 4.78 is 0. The Morgan fingerprint density at radius 3 is 2.69 bits per heavy atom. The topological polar surface area (TPSA) is 60.8 Å². The maximum absolute atomic E-state index is 10.9. The first-order chi connectivity index (χ1) is 12.0. The van der Waals surface area contributed by atoms with Crippen molar-refractivity contribution in [3.05, 3.63) is 47.5 Å². The van der Waals surface area contributed by atoms with Gasteiger partial charge in [0.1, 0.15) is 5.60 Å². The first-order valence-electron chi connectivity index (χ1n) is 8.92. The molecule has 3 heterocycles. The summed E-state index contributed by atoms with van der Waals surface area (Å²) in [5, 5.41) is 19.8. The van der Waals surface area contributed by atoms with Crippen LogP contribution in [0.1, 0.15) is 36.0 Å². The molecule has 4 nitrogen and oxygen atoms in total. The van der Waals surface area contributed by atoms with E-state index in [0.717, 1.165) is 42.6 Å². The lowest BCUT2D eigenvalue weighted by molar-refractivity contribution is -0.136. The quantitative estimate of drug-likeness (QED) is 0.613. The van der Waals surface area contributed by atoms with Crippen LogP contribution in [-0.4, -0.2) is 46.3 Å². The van der Waals surface area contributed by atoms with Crippen LogP contribution in [0.2, 0.25) is 0 Å². The minimum atomic E-state index is -0.913. The van der Waals surface area contributed by atoms with Crippen molar-refractivity contribution in [2.75, 3.05) is 19.6 Å². The third kappa shape index (κ3) is 4.67. The van der Waals surface area contributed by atoms with E-state index in [1.165, 1.54) is 0 Å². The smallest absolute Gasteiger partial charge is 0.303 e. The Balaban J connectivity index is 0.00000243. The normalized spacial score (nSPS) is 26.3. The zero-order valence-electron chi connectivity index (χ0n) is 14.9. The number of nitrogens with zero attached hydrogens (tertiary/aromatic N) is 1. The lowest BCUT2D eigenvalue weighted by atomic mass is 9.75. The molecular weight excluding hydrogens is 350 g/mol. The molecule has 0 saturated carbocycles. The molecule has 3 saturated heterocycles. The molecule has 0 aliphatic carbocycles. The monoisotopic (exact) mass is 375 g/mol. The van der Waals surface area contributed by atoms with Crippen molar-refractivity contribution in [2.45, 2.75) is 37.7 Å². The number of halogens is 1. The number of benzene rings is 1. The van der Waals surface area contributed by atoms with Gasteiger partial charge in [0, 0.05) is 24.4 Å². The minimum Gasteiger partial charge on any atom is -0.481 e. The molecule has 2 bridgehead atoms. The van der Waals surface area contributed by atoms with Gasteiger partial charge in [-0.05, 0) is 56.0 Å². The summed E-state index contributed by atoms with van der Waals surface area (Å²) in [4.78, 5) is 13.0. The zero-order chi connectivity index (χ0) is 17.9. The van der Waals surface area contributed by atoms with Gasteiger partial charge in [-0.25, -0.2) is 0 Å². The number of hydrogen-bond acceptors (Lipinski definition) is 3. The van der Waals surface area contributed by atoms with Crippen LogP contribution in [0.15, 0.2) is 30.9 Å². The third-order valence-electron chi connectivity index (χ3n) is 5.30. The summed E-state index contributed by atoms with van der Waals surface area (Å²) in [7, 11) is 0. The molecule has 5 heteroatoms. The Hall–Kier alpha value is -1.80. The molecule has 140 valence electrons. The number of carboxylic acid groups (broad SMARTS) is 1. The van der Waals surface area contributed by atoms with E-state index in [-0.39, 0.29) is 24.7 Å². The number of aliphatic carboxylic acids is 1. The number of aliphatic hydroxyl groups is 1. The molecule has 1 atom stereocenters. The molecule has 1 unspecified atom stereocenters. The van der Waals surface area contributed by atoms with Gasteiger partial charge in [-0.15, -0.1) is 19.0 Å². The first kappa shape index (κ1) is 20.5. The molecule has 0 aromatic heterocycles. The van der Waals surface area contributed by atoms with Crippen molar-refractivity contribution in [3.63, 3.8) is 0 Å². The third-order valence-corrected chi connectivity index (χ3v) is 5.30. The second kappa shape index (κ2) is 8.73. The van der Waals surface area contributed by atoms with E-state index in [0.29, 0.717) is 19.4 Å². The van der Waals surface area contributed by atoms with E-state index in [4.69, 9.17) is 5.11 Å². The van der Waals surface area contributed by atoms with Crippen molar-refractivity contribution in [1.29, 1.82) is 0 Å². The number of allylic oxidation sites excluding steroid dienone is 1. The highest BCUT2D eigenvalue weighted by Crippen LogP contribution is 2.35. The molecule has 0 radical (unpaired) electrons. The van der Waals surface area contributed by atoms with Crippen LogP contribution in [0.25, 0.3) is 0 Å². The molecule has 26 heavy (non-hydrogen) atoms. The van der Waals surface area contributed by atoms with Gasteiger partial charge < -0.3 is 10.2 Å². The van der Waals surface area contributed by atoms with Crippen LogP contribution < -0.4 is 0 Å². The second-order valence-corrected chi connectivity index (χ2v) is 7.10. The zero-order valence-corrected chi connectivity index (χ0v) is 15.7. The fourth-order valence-corrected chi connectivity index (χ4v) is 3.86. The Labute approximate surface area is 161 Å². The van der Waals surface area contributed by atoms with Crippen LogP contribution in [-0.2, 0) is 17.6 Å². The lowest BCUT2D eigenvalue weighted by Crippen LogP contribution is -2.58. The highest BCUT2D eigenvalue weighted by atomic mass is 35.5. The number of aryl methyl sites for hydroxylation is 1. The van der Waals surface area contributed by atoms with E-state index < -0.39 is 11.6 Å². The average Bonchev–Trinajstić information content (AvgIpc) is 2.60. The van der Waals surface area contributed by atoms with Crippen molar-refractivity contribution >= 4 is 18.4 Å². The molecule has 0 amide bonds. The van der Waals surface area contributed by atoms with E-state index in [9.17, 15) is 9.90 Å². The van der Waals surface area contributed by atoms with Crippen molar-refractivity contribution in [3.8, 4) is 11.8 Å². The van der Waals surface area contributed by atoms with Gasteiger partial charge in [0.15, 0.2) is 0 Å².